The minimum atomic E-state index is -0.520. The Morgan fingerprint density at radius 1 is 1.32 bits per heavy atom. The van der Waals surface area contributed by atoms with E-state index in [1.54, 1.807) is 6.07 Å². The number of nitrogens with one attached hydrogen (secondary N) is 2. The lowest BCUT2D eigenvalue weighted by Crippen LogP contribution is -2.18. The van der Waals surface area contributed by atoms with Crippen LogP contribution in [0.1, 0.15) is 10.4 Å². The van der Waals surface area contributed by atoms with Crippen molar-refractivity contribution < 1.29 is 9.18 Å². The molecule has 0 aliphatic heterocycles. The van der Waals surface area contributed by atoms with Crippen LogP contribution in [0.3, 0.4) is 0 Å². The summed E-state index contributed by atoms with van der Waals surface area (Å²) in [4.78, 5) is 15.9. The van der Waals surface area contributed by atoms with Crippen LogP contribution in [0.4, 0.5) is 15.8 Å². The summed E-state index contributed by atoms with van der Waals surface area (Å²) in [5, 5.41) is 2.47. The minimum Gasteiger partial charge on any atom is -0.322 e. The van der Waals surface area contributed by atoms with Crippen LogP contribution < -0.4 is 16.6 Å². The Hall–Kier alpha value is -1.99. The topological polar surface area (TPSA) is 80.0 Å². The van der Waals surface area contributed by atoms with Crippen LogP contribution in [0.5, 0.6) is 0 Å². The van der Waals surface area contributed by atoms with Gasteiger partial charge in [-0.25, -0.2) is 4.39 Å². The van der Waals surface area contributed by atoms with E-state index in [0.717, 1.165) is 0 Å². The van der Waals surface area contributed by atoms with Gasteiger partial charge in [-0.15, -0.1) is 0 Å². The number of nitrogen functional groups attached to an aromatic ring is 1. The average Bonchev–Trinajstić information content (AvgIpc) is 2.42. The van der Waals surface area contributed by atoms with Crippen LogP contribution in [-0.2, 0) is 0 Å². The first-order chi connectivity index (χ1) is 9.11. The van der Waals surface area contributed by atoms with Crippen molar-refractivity contribution in [2.75, 3.05) is 10.7 Å². The normalized spacial score (nSPS) is 10.1. The molecule has 0 bridgehead atoms. The van der Waals surface area contributed by atoms with E-state index in [4.69, 9.17) is 5.84 Å². The van der Waals surface area contributed by atoms with Gasteiger partial charge in [-0.05, 0) is 24.3 Å². The summed E-state index contributed by atoms with van der Waals surface area (Å²) < 4.78 is 14.2. The minimum absolute atomic E-state index is 0.0826. The predicted molar refractivity (Wildman–Crippen MR) is 74.1 cm³/mol. The highest BCUT2D eigenvalue weighted by Gasteiger charge is 2.13. The number of aromatic nitrogens is 1. The molecular formula is C12H10BrFN4O. The summed E-state index contributed by atoms with van der Waals surface area (Å²) in [7, 11) is 0. The molecule has 0 aliphatic carbocycles. The fraction of sp³-hybridized carbons (Fsp3) is 0. The van der Waals surface area contributed by atoms with Crippen LogP contribution in [0.25, 0.3) is 0 Å². The van der Waals surface area contributed by atoms with Gasteiger partial charge in [-0.1, -0.05) is 15.9 Å². The Kier molecular flexibility index (Phi) is 4.08. The molecule has 0 atom stereocenters. The Bertz CT molecular complexity index is 620. The number of benzene rings is 1. The molecule has 19 heavy (non-hydrogen) atoms. The third kappa shape index (κ3) is 3.07. The van der Waals surface area contributed by atoms with E-state index in [1.807, 2.05) is 0 Å². The molecule has 1 aromatic carbocycles. The number of halogens is 2. The number of pyridine rings is 1. The Labute approximate surface area is 117 Å². The second-order valence-electron chi connectivity index (χ2n) is 3.64. The number of carbonyl (C=O) groups is 1. The summed E-state index contributed by atoms with van der Waals surface area (Å²) >= 11 is 3.21. The van der Waals surface area contributed by atoms with Gasteiger partial charge < -0.3 is 10.7 Å². The third-order valence-electron chi connectivity index (χ3n) is 2.40. The maximum atomic E-state index is 13.5. The van der Waals surface area contributed by atoms with Crippen molar-refractivity contribution >= 4 is 33.2 Å². The summed E-state index contributed by atoms with van der Waals surface area (Å²) in [6.07, 6.45) is 2.86. The van der Waals surface area contributed by atoms with Crippen LogP contribution in [-0.4, -0.2) is 10.9 Å². The second kappa shape index (κ2) is 5.77. The van der Waals surface area contributed by atoms with Gasteiger partial charge in [0.05, 0.1) is 23.1 Å². The Morgan fingerprint density at radius 2 is 2.11 bits per heavy atom. The molecule has 1 aromatic heterocycles. The number of hydrazine groups is 1. The van der Waals surface area contributed by atoms with Crippen molar-refractivity contribution in [3.05, 3.63) is 52.5 Å². The molecule has 0 aliphatic rings. The molecular weight excluding hydrogens is 315 g/mol. The molecule has 0 spiro atoms. The quantitative estimate of drug-likeness (QED) is 0.598. The Balaban J connectivity index is 2.28. The molecule has 0 saturated heterocycles. The zero-order valence-electron chi connectivity index (χ0n) is 9.65. The molecule has 1 amide bonds. The molecule has 5 nitrogen and oxygen atoms in total. The zero-order valence-corrected chi connectivity index (χ0v) is 11.2. The molecule has 0 unspecified atom stereocenters. The van der Waals surface area contributed by atoms with Gasteiger partial charge in [-0.3, -0.25) is 15.6 Å². The van der Waals surface area contributed by atoms with Crippen molar-refractivity contribution in [2.45, 2.75) is 0 Å². The van der Waals surface area contributed by atoms with Gasteiger partial charge in [0, 0.05) is 10.7 Å². The second-order valence-corrected chi connectivity index (χ2v) is 4.56. The summed E-state index contributed by atoms with van der Waals surface area (Å²) in [5.74, 6) is 4.28. The van der Waals surface area contributed by atoms with Gasteiger partial charge in [-0.2, -0.15) is 0 Å². The molecule has 2 aromatic rings. The molecule has 0 radical (unpaired) electrons. The lowest BCUT2D eigenvalue weighted by atomic mass is 10.2. The number of carbonyl (C=O) groups excluding carboxylic acids is 1. The Morgan fingerprint density at radius 3 is 2.84 bits per heavy atom. The zero-order chi connectivity index (χ0) is 13.8. The fourth-order valence-corrected chi connectivity index (χ4v) is 1.85. The van der Waals surface area contributed by atoms with Gasteiger partial charge >= 0.3 is 0 Å². The van der Waals surface area contributed by atoms with Gasteiger partial charge in [0.2, 0.25) is 0 Å². The molecule has 0 saturated carbocycles. The number of rotatable bonds is 3. The SMILES string of the molecule is NNc1cnccc1C(=O)Nc1cc(Br)ccc1F. The van der Waals surface area contributed by atoms with Crippen LogP contribution in [0.2, 0.25) is 0 Å². The largest absolute Gasteiger partial charge is 0.322 e. The highest BCUT2D eigenvalue weighted by Crippen LogP contribution is 2.21. The van der Waals surface area contributed by atoms with Crippen molar-refractivity contribution in [1.29, 1.82) is 0 Å². The number of nitrogens with zero attached hydrogens (tertiary/aromatic N) is 1. The fourth-order valence-electron chi connectivity index (χ4n) is 1.49. The maximum absolute atomic E-state index is 13.5. The molecule has 2 rings (SSSR count). The number of hydrogen-bond acceptors (Lipinski definition) is 4. The van der Waals surface area contributed by atoms with E-state index in [9.17, 15) is 9.18 Å². The van der Waals surface area contributed by atoms with E-state index in [1.165, 1.54) is 30.6 Å². The van der Waals surface area contributed by atoms with E-state index in [2.05, 4.69) is 31.7 Å². The summed E-state index contributed by atoms with van der Waals surface area (Å²) in [6.45, 7) is 0. The first kappa shape index (κ1) is 13.4. The standard InChI is InChI=1S/C12H10BrFN4O/c13-7-1-2-9(14)10(5-7)17-12(19)8-3-4-16-6-11(8)18-15/h1-6,18H,15H2,(H,17,19). The van der Waals surface area contributed by atoms with E-state index in [0.29, 0.717) is 10.2 Å². The lowest BCUT2D eigenvalue weighted by Gasteiger charge is -2.09. The smallest absolute Gasteiger partial charge is 0.258 e. The third-order valence-corrected chi connectivity index (χ3v) is 2.89. The van der Waals surface area contributed by atoms with E-state index < -0.39 is 11.7 Å². The molecule has 4 N–H and O–H groups in total. The van der Waals surface area contributed by atoms with Crippen molar-refractivity contribution in [3.63, 3.8) is 0 Å². The number of hydrogen-bond donors (Lipinski definition) is 3. The van der Waals surface area contributed by atoms with Crippen molar-refractivity contribution in [2.24, 2.45) is 5.84 Å². The molecule has 1 heterocycles. The van der Waals surface area contributed by atoms with E-state index in [-0.39, 0.29) is 11.3 Å². The van der Waals surface area contributed by atoms with Crippen molar-refractivity contribution in [3.8, 4) is 0 Å². The lowest BCUT2D eigenvalue weighted by molar-refractivity contribution is 0.102. The summed E-state index contributed by atoms with van der Waals surface area (Å²) in [6, 6.07) is 5.77. The molecule has 7 heteroatoms. The first-order valence-electron chi connectivity index (χ1n) is 5.29. The molecule has 0 fully saturated rings. The van der Waals surface area contributed by atoms with Gasteiger partial charge in [0.15, 0.2) is 0 Å². The summed E-state index contributed by atoms with van der Waals surface area (Å²) in [5.41, 5.74) is 3.08. The first-order valence-corrected chi connectivity index (χ1v) is 6.08. The number of amides is 1. The monoisotopic (exact) mass is 324 g/mol. The van der Waals surface area contributed by atoms with Gasteiger partial charge in [0.1, 0.15) is 5.82 Å². The predicted octanol–water partition coefficient (Wildman–Crippen LogP) is 2.52. The van der Waals surface area contributed by atoms with Crippen molar-refractivity contribution in [1.82, 2.24) is 4.98 Å². The highest BCUT2D eigenvalue weighted by atomic mass is 79.9. The highest BCUT2D eigenvalue weighted by molar-refractivity contribution is 9.10. The van der Waals surface area contributed by atoms with Crippen LogP contribution in [0.15, 0.2) is 41.1 Å². The maximum Gasteiger partial charge on any atom is 0.258 e. The van der Waals surface area contributed by atoms with Crippen LogP contribution in [0, 0.1) is 5.82 Å². The van der Waals surface area contributed by atoms with Gasteiger partial charge in [0.25, 0.3) is 5.91 Å². The number of anilines is 2. The molecule has 98 valence electrons. The number of nitrogens with two attached hydrogens (primary N) is 1. The van der Waals surface area contributed by atoms with E-state index >= 15 is 0 Å². The van der Waals surface area contributed by atoms with Crippen LogP contribution >= 0.6 is 15.9 Å². The average molecular weight is 325 g/mol.